The molecule has 3 N–H and O–H groups in total. The van der Waals surface area contributed by atoms with E-state index in [1.807, 2.05) is 4.98 Å². The minimum Gasteiger partial charge on any atom is -0.394 e. The average Bonchev–Trinajstić information content (AvgIpc) is 2.78. The highest BCUT2D eigenvalue weighted by Gasteiger charge is 2.35. The molecule has 2 rings (SSSR count). The molecule has 0 unspecified atom stereocenters. The summed E-state index contributed by atoms with van der Waals surface area (Å²) in [4.78, 5) is 34.8. The molecule has 114 valence electrons. The van der Waals surface area contributed by atoms with E-state index in [9.17, 15) is 24.8 Å². The van der Waals surface area contributed by atoms with Gasteiger partial charge in [0.1, 0.15) is 12.3 Å². The average molecular weight is 299 g/mol. The van der Waals surface area contributed by atoms with E-state index in [4.69, 9.17) is 9.84 Å². The van der Waals surface area contributed by atoms with Crippen molar-refractivity contribution in [2.24, 2.45) is 0 Å². The van der Waals surface area contributed by atoms with Gasteiger partial charge in [-0.05, 0) is 0 Å². The second kappa shape index (κ2) is 5.99. The monoisotopic (exact) mass is 299 g/mol. The third kappa shape index (κ3) is 3.24. The molecule has 0 saturated carbocycles. The summed E-state index contributed by atoms with van der Waals surface area (Å²) >= 11 is 0. The van der Waals surface area contributed by atoms with Crippen LogP contribution in [0.5, 0.6) is 0 Å². The van der Waals surface area contributed by atoms with Gasteiger partial charge >= 0.3 is 5.69 Å². The fourth-order valence-electron chi connectivity index (χ4n) is 2.02. The number of aliphatic hydroxyl groups is 2. The summed E-state index contributed by atoms with van der Waals surface area (Å²) in [7, 11) is 0. The molecule has 1 aromatic heterocycles. The third-order valence-corrected chi connectivity index (χ3v) is 3.07. The van der Waals surface area contributed by atoms with Gasteiger partial charge in [0.2, 0.25) is 6.20 Å². The quantitative estimate of drug-likeness (QED) is 0.449. The SMILES string of the molecule is O=c1[nH]c(=O)n([C@H]2C[C@H](O)[C@@H](CO)O2)cc1/C=C/[N+](=O)[O-]. The van der Waals surface area contributed by atoms with E-state index in [0.29, 0.717) is 6.20 Å². The summed E-state index contributed by atoms with van der Waals surface area (Å²) < 4.78 is 6.31. The maximum atomic E-state index is 11.7. The van der Waals surface area contributed by atoms with Crippen LogP contribution in [0.3, 0.4) is 0 Å². The smallest absolute Gasteiger partial charge is 0.330 e. The van der Waals surface area contributed by atoms with E-state index in [1.165, 1.54) is 0 Å². The van der Waals surface area contributed by atoms with Crippen molar-refractivity contribution in [2.45, 2.75) is 24.9 Å². The number of hydrogen-bond donors (Lipinski definition) is 3. The van der Waals surface area contributed by atoms with Crippen LogP contribution in [0.2, 0.25) is 0 Å². The molecule has 1 aromatic rings. The molecule has 0 aliphatic carbocycles. The predicted molar refractivity (Wildman–Crippen MR) is 69.0 cm³/mol. The Labute approximate surface area is 117 Å². The lowest BCUT2D eigenvalue weighted by molar-refractivity contribution is -0.400. The van der Waals surface area contributed by atoms with Crippen molar-refractivity contribution in [2.75, 3.05) is 6.61 Å². The number of ether oxygens (including phenoxy) is 1. The van der Waals surface area contributed by atoms with Gasteiger partial charge in [-0.25, -0.2) is 4.79 Å². The fraction of sp³-hybridized carbons (Fsp3) is 0.455. The Hall–Kier alpha value is -2.30. The summed E-state index contributed by atoms with van der Waals surface area (Å²) in [5.41, 5.74) is -1.64. The normalized spacial score (nSPS) is 25.5. The molecule has 1 aliphatic rings. The molecule has 21 heavy (non-hydrogen) atoms. The summed E-state index contributed by atoms with van der Waals surface area (Å²) in [6.45, 7) is -0.413. The molecule has 1 aliphatic heterocycles. The van der Waals surface area contributed by atoms with Crippen LogP contribution < -0.4 is 11.2 Å². The summed E-state index contributed by atoms with van der Waals surface area (Å²) in [5.74, 6) is 0. The highest BCUT2D eigenvalue weighted by atomic mass is 16.6. The number of aromatic nitrogens is 2. The maximum absolute atomic E-state index is 11.7. The van der Waals surface area contributed by atoms with Crippen LogP contribution in [0.1, 0.15) is 18.2 Å². The molecule has 1 saturated heterocycles. The van der Waals surface area contributed by atoms with E-state index in [-0.39, 0.29) is 12.0 Å². The zero-order chi connectivity index (χ0) is 15.6. The number of nitrogens with zero attached hydrogens (tertiary/aromatic N) is 2. The zero-order valence-electron chi connectivity index (χ0n) is 10.7. The van der Waals surface area contributed by atoms with Crippen LogP contribution >= 0.6 is 0 Å². The number of H-pyrrole nitrogens is 1. The lowest BCUT2D eigenvalue weighted by Crippen LogP contribution is -2.33. The minimum absolute atomic E-state index is 0.0512. The van der Waals surface area contributed by atoms with Crippen LogP contribution in [-0.4, -0.2) is 43.5 Å². The van der Waals surface area contributed by atoms with Crippen molar-refractivity contribution in [3.05, 3.63) is 48.9 Å². The lowest BCUT2D eigenvalue weighted by atomic mass is 10.2. The first kappa shape index (κ1) is 15.1. The molecule has 0 aromatic carbocycles. The number of nitro groups is 1. The van der Waals surface area contributed by atoms with Gasteiger partial charge in [0.25, 0.3) is 5.56 Å². The number of hydrogen-bond acceptors (Lipinski definition) is 7. The van der Waals surface area contributed by atoms with Gasteiger partial charge in [-0.1, -0.05) is 0 Å². The number of rotatable bonds is 4. The van der Waals surface area contributed by atoms with Crippen LogP contribution in [0.25, 0.3) is 6.08 Å². The standard InChI is InChI=1S/C11H13N3O7/c15-5-8-7(16)3-9(21-8)13-4-6(1-2-14(19)20)10(17)12-11(13)18/h1-2,4,7-9,15-16H,3,5H2,(H,12,17,18)/b2-1+/t7-,8+,9+/m0/s1. The fourth-order valence-corrected chi connectivity index (χ4v) is 2.02. The molecule has 10 heteroatoms. The molecule has 2 heterocycles. The van der Waals surface area contributed by atoms with Crippen molar-refractivity contribution in [3.8, 4) is 0 Å². The zero-order valence-corrected chi connectivity index (χ0v) is 10.7. The molecule has 0 radical (unpaired) electrons. The third-order valence-electron chi connectivity index (χ3n) is 3.07. The molecule has 0 spiro atoms. The molecule has 0 bridgehead atoms. The van der Waals surface area contributed by atoms with E-state index in [2.05, 4.69) is 0 Å². The van der Waals surface area contributed by atoms with Crippen molar-refractivity contribution < 1.29 is 19.9 Å². The Balaban J connectivity index is 2.37. The predicted octanol–water partition coefficient (Wildman–Crippen LogP) is -1.58. The van der Waals surface area contributed by atoms with Crippen LogP contribution in [-0.2, 0) is 4.74 Å². The summed E-state index contributed by atoms with van der Waals surface area (Å²) in [6.07, 6.45) is 0.0325. The van der Waals surface area contributed by atoms with Gasteiger partial charge in [0.05, 0.1) is 23.2 Å². The summed E-state index contributed by atoms with van der Waals surface area (Å²) in [6, 6.07) is 0. The van der Waals surface area contributed by atoms with Crippen molar-refractivity contribution >= 4 is 6.08 Å². The maximum Gasteiger partial charge on any atom is 0.330 e. The van der Waals surface area contributed by atoms with Crippen molar-refractivity contribution in [1.82, 2.24) is 9.55 Å². The Morgan fingerprint density at radius 2 is 2.29 bits per heavy atom. The van der Waals surface area contributed by atoms with E-state index in [0.717, 1.165) is 16.8 Å². The first-order valence-corrected chi connectivity index (χ1v) is 6.04. The lowest BCUT2D eigenvalue weighted by Gasteiger charge is -2.14. The first-order chi connectivity index (χ1) is 9.92. The Morgan fingerprint density at radius 1 is 1.57 bits per heavy atom. The van der Waals surface area contributed by atoms with Crippen LogP contribution in [0.4, 0.5) is 0 Å². The molecule has 10 nitrogen and oxygen atoms in total. The van der Waals surface area contributed by atoms with E-state index < -0.39 is 41.2 Å². The number of aromatic amines is 1. The Kier molecular flexibility index (Phi) is 4.31. The van der Waals surface area contributed by atoms with Gasteiger partial charge in [-0.3, -0.25) is 24.5 Å². The Bertz CT molecular complexity index is 677. The molecular weight excluding hydrogens is 286 g/mol. The highest BCUT2D eigenvalue weighted by Crippen LogP contribution is 2.27. The van der Waals surface area contributed by atoms with E-state index >= 15 is 0 Å². The topological polar surface area (TPSA) is 148 Å². The number of nitrogens with one attached hydrogen (secondary N) is 1. The number of aliphatic hydroxyl groups excluding tert-OH is 2. The van der Waals surface area contributed by atoms with E-state index in [1.54, 1.807) is 0 Å². The molecular formula is C11H13N3O7. The van der Waals surface area contributed by atoms with Gasteiger partial charge in [0, 0.05) is 18.7 Å². The van der Waals surface area contributed by atoms with Crippen molar-refractivity contribution in [3.63, 3.8) is 0 Å². The second-order valence-electron chi connectivity index (χ2n) is 4.47. The van der Waals surface area contributed by atoms with Crippen molar-refractivity contribution in [1.29, 1.82) is 0 Å². The molecule has 3 atom stereocenters. The molecule has 0 amide bonds. The Morgan fingerprint density at radius 3 is 2.86 bits per heavy atom. The van der Waals surface area contributed by atoms with Gasteiger partial charge in [-0.2, -0.15) is 0 Å². The highest BCUT2D eigenvalue weighted by molar-refractivity contribution is 5.44. The second-order valence-corrected chi connectivity index (χ2v) is 4.47. The van der Waals surface area contributed by atoms with Gasteiger partial charge < -0.3 is 14.9 Å². The van der Waals surface area contributed by atoms with Gasteiger partial charge in [0.15, 0.2) is 0 Å². The van der Waals surface area contributed by atoms with Gasteiger partial charge in [-0.15, -0.1) is 0 Å². The minimum atomic E-state index is -0.948. The van der Waals surface area contributed by atoms with Crippen LogP contribution in [0, 0.1) is 10.1 Å². The first-order valence-electron chi connectivity index (χ1n) is 6.04. The summed E-state index contributed by atoms with van der Waals surface area (Å²) in [5, 5.41) is 28.9. The van der Waals surface area contributed by atoms with Crippen LogP contribution in [0.15, 0.2) is 22.0 Å². The molecule has 1 fully saturated rings. The largest absolute Gasteiger partial charge is 0.394 e.